The number of aromatic nitrogens is 2. The molecular formula is C47H30N2. The van der Waals surface area contributed by atoms with Crippen molar-refractivity contribution in [2.75, 3.05) is 0 Å². The van der Waals surface area contributed by atoms with Crippen LogP contribution in [0.3, 0.4) is 0 Å². The molecule has 10 rings (SSSR count). The predicted octanol–water partition coefficient (Wildman–Crippen LogP) is 11.5. The zero-order valence-corrected chi connectivity index (χ0v) is 26.7. The Morgan fingerprint density at radius 1 is 0.286 bits per heavy atom. The van der Waals surface area contributed by atoms with Crippen LogP contribution in [0.1, 0.15) is 22.3 Å². The summed E-state index contributed by atoms with van der Waals surface area (Å²) in [5, 5.41) is 0. The summed E-state index contributed by atoms with van der Waals surface area (Å²) in [6.07, 6.45) is 0. The molecule has 0 bridgehead atoms. The van der Waals surface area contributed by atoms with Gasteiger partial charge in [0, 0.05) is 16.7 Å². The monoisotopic (exact) mass is 622 g/mol. The lowest BCUT2D eigenvalue weighted by atomic mass is 9.70. The van der Waals surface area contributed by atoms with E-state index in [1.165, 1.54) is 50.1 Å². The third-order valence-electron chi connectivity index (χ3n) is 10.3. The largest absolute Gasteiger partial charge is 0.228 e. The van der Waals surface area contributed by atoms with Crippen molar-refractivity contribution in [2.45, 2.75) is 5.41 Å². The Bertz CT molecular complexity index is 2490. The maximum atomic E-state index is 5.25. The average Bonchev–Trinajstić information content (AvgIpc) is 3.66. The smallest absolute Gasteiger partial charge is 0.160 e. The summed E-state index contributed by atoms with van der Waals surface area (Å²) in [5.41, 5.74) is 17.4. The molecule has 0 fully saturated rings. The zero-order valence-electron chi connectivity index (χ0n) is 26.7. The number of hydrogen-bond donors (Lipinski definition) is 0. The Hall–Kier alpha value is -6.38. The summed E-state index contributed by atoms with van der Waals surface area (Å²) in [6, 6.07) is 65.4. The van der Waals surface area contributed by atoms with Crippen molar-refractivity contribution in [3.05, 3.63) is 204 Å². The first-order valence-corrected chi connectivity index (χ1v) is 16.8. The van der Waals surface area contributed by atoms with Crippen molar-refractivity contribution >= 4 is 0 Å². The van der Waals surface area contributed by atoms with Crippen LogP contribution in [0.25, 0.3) is 67.3 Å². The number of nitrogens with zero attached hydrogens (tertiary/aromatic N) is 2. The molecule has 1 spiro atoms. The molecule has 0 saturated carbocycles. The van der Waals surface area contributed by atoms with Crippen LogP contribution < -0.4 is 0 Å². The molecule has 7 aromatic carbocycles. The molecule has 8 aromatic rings. The van der Waals surface area contributed by atoms with E-state index in [1.54, 1.807) is 0 Å². The van der Waals surface area contributed by atoms with E-state index >= 15 is 0 Å². The van der Waals surface area contributed by atoms with Gasteiger partial charge in [0.1, 0.15) is 0 Å². The Kier molecular flexibility index (Phi) is 6.13. The molecule has 2 aliphatic rings. The van der Waals surface area contributed by atoms with Gasteiger partial charge in [0.2, 0.25) is 0 Å². The predicted molar refractivity (Wildman–Crippen MR) is 200 cm³/mol. The first kappa shape index (κ1) is 27.7. The highest BCUT2D eigenvalue weighted by Gasteiger charge is 2.51. The Labute approximate surface area is 286 Å². The normalized spacial score (nSPS) is 13.1. The van der Waals surface area contributed by atoms with Crippen molar-refractivity contribution < 1.29 is 0 Å². The fraction of sp³-hybridized carbons (Fsp3) is 0.0213. The van der Waals surface area contributed by atoms with Gasteiger partial charge in [-0.1, -0.05) is 164 Å². The number of rotatable bonds is 4. The molecule has 0 saturated heterocycles. The molecule has 0 atom stereocenters. The van der Waals surface area contributed by atoms with E-state index in [9.17, 15) is 0 Å². The standard InChI is InChI=1S/C47H30N2/c1-3-14-31(15-4-1)33-18-13-19-34(28-33)44-30-45(49-46(48-44)32-16-5-2-6-17-32)35-26-27-39-38-22-9-12-25-42(38)47(43(39)29-35)40-23-10-7-20-36(40)37-21-8-11-24-41(37)47/h1-30H. The zero-order chi connectivity index (χ0) is 32.4. The average molecular weight is 623 g/mol. The molecule has 2 aliphatic carbocycles. The van der Waals surface area contributed by atoms with Crippen molar-refractivity contribution in [2.24, 2.45) is 0 Å². The highest BCUT2D eigenvalue weighted by Crippen LogP contribution is 2.63. The van der Waals surface area contributed by atoms with E-state index in [-0.39, 0.29) is 0 Å². The summed E-state index contributed by atoms with van der Waals surface area (Å²) in [4.78, 5) is 10.4. The fourth-order valence-corrected chi connectivity index (χ4v) is 8.20. The fourth-order valence-electron chi connectivity index (χ4n) is 8.20. The molecule has 1 heterocycles. The Morgan fingerprint density at radius 3 is 1.33 bits per heavy atom. The summed E-state index contributed by atoms with van der Waals surface area (Å²) < 4.78 is 0. The maximum Gasteiger partial charge on any atom is 0.160 e. The van der Waals surface area contributed by atoms with Crippen LogP contribution in [-0.2, 0) is 5.41 Å². The minimum absolute atomic E-state index is 0.405. The molecular weight excluding hydrogens is 593 g/mol. The highest BCUT2D eigenvalue weighted by atomic mass is 14.9. The van der Waals surface area contributed by atoms with Crippen molar-refractivity contribution in [1.29, 1.82) is 0 Å². The summed E-state index contributed by atoms with van der Waals surface area (Å²) in [7, 11) is 0. The third-order valence-corrected chi connectivity index (χ3v) is 10.3. The van der Waals surface area contributed by atoms with Gasteiger partial charge in [-0.15, -0.1) is 0 Å². The molecule has 2 heteroatoms. The molecule has 0 aliphatic heterocycles. The second-order valence-electron chi connectivity index (χ2n) is 12.9. The van der Waals surface area contributed by atoms with Crippen LogP contribution >= 0.6 is 0 Å². The van der Waals surface area contributed by atoms with Gasteiger partial charge < -0.3 is 0 Å². The quantitative estimate of drug-likeness (QED) is 0.195. The number of hydrogen-bond acceptors (Lipinski definition) is 2. The minimum atomic E-state index is -0.405. The van der Waals surface area contributed by atoms with Gasteiger partial charge in [-0.05, 0) is 73.8 Å². The number of benzene rings is 7. The van der Waals surface area contributed by atoms with E-state index in [2.05, 4.69) is 164 Å². The second kappa shape index (κ2) is 10.8. The molecule has 228 valence electrons. The first-order chi connectivity index (χ1) is 24.3. The van der Waals surface area contributed by atoms with Gasteiger partial charge in [0.25, 0.3) is 0 Å². The van der Waals surface area contributed by atoms with Gasteiger partial charge in [0.05, 0.1) is 16.8 Å². The van der Waals surface area contributed by atoms with Crippen LogP contribution in [0.15, 0.2) is 182 Å². The topological polar surface area (TPSA) is 25.8 Å². The summed E-state index contributed by atoms with van der Waals surface area (Å²) >= 11 is 0. The molecule has 0 N–H and O–H groups in total. The first-order valence-electron chi connectivity index (χ1n) is 16.8. The summed E-state index contributed by atoms with van der Waals surface area (Å²) in [5.74, 6) is 0.716. The highest BCUT2D eigenvalue weighted by molar-refractivity contribution is 5.96. The van der Waals surface area contributed by atoms with E-state index in [0.717, 1.165) is 33.6 Å². The van der Waals surface area contributed by atoms with Gasteiger partial charge in [0.15, 0.2) is 5.82 Å². The van der Waals surface area contributed by atoms with Gasteiger partial charge in [-0.25, -0.2) is 9.97 Å². The van der Waals surface area contributed by atoms with Crippen LogP contribution in [0.5, 0.6) is 0 Å². The number of fused-ring (bicyclic) bond motifs is 10. The van der Waals surface area contributed by atoms with E-state index in [4.69, 9.17) is 9.97 Å². The van der Waals surface area contributed by atoms with Crippen LogP contribution in [0, 0.1) is 0 Å². The van der Waals surface area contributed by atoms with Crippen molar-refractivity contribution in [3.8, 4) is 67.3 Å². The molecule has 1 aromatic heterocycles. The van der Waals surface area contributed by atoms with Crippen molar-refractivity contribution in [1.82, 2.24) is 9.97 Å². The molecule has 49 heavy (non-hydrogen) atoms. The molecule has 0 radical (unpaired) electrons. The lowest BCUT2D eigenvalue weighted by Crippen LogP contribution is -2.25. The van der Waals surface area contributed by atoms with Crippen molar-refractivity contribution in [3.63, 3.8) is 0 Å². The maximum absolute atomic E-state index is 5.25. The Morgan fingerprint density at radius 2 is 0.735 bits per heavy atom. The Balaban J connectivity index is 1.21. The van der Waals surface area contributed by atoms with Gasteiger partial charge in [-0.3, -0.25) is 0 Å². The lowest BCUT2D eigenvalue weighted by molar-refractivity contribution is 0.794. The molecule has 0 amide bonds. The van der Waals surface area contributed by atoms with E-state index in [0.29, 0.717) is 5.82 Å². The van der Waals surface area contributed by atoms with Crippen LogP contribution in [0.2, 0.25) is 0 Å². The van der Waals surface area contributed by atoms with Crippen LogP contribution in [-0.4, -0.2) is 9.97 Å². The van der Waals surface area contributed by atoms with Gasteiger partial charge >= 0.3 is 0 Å². The minimum Gasteiger partial charge on any atom is -0.228 e. The lowest BCUT2D eigenvalue weighted by Gasteiger charge is -2.30. The molecule has 2 nitrogen and oxygen atoms in total. The SMILES string of the molecule is c1ccc(-c2cccc(-c3cc(-c4ccc5c(c4)C4(c6ccccc6-c6ccccc64)c4ccccc4-5)nc(-c4ccccc4)n3)c2)cc1. The third kappa shape index (κ3) is 4.14. The van der Waals surface area contributed by atoms with E-state index < -0.39 is 5.41 Å². The second-order valence-corrected chi connectivity index (χ2v) is 12.9. The molecule has 0 unspecified atom stereocenters. The van der Waals surface area contributed by atoms with Crippen LogP contribution in [0.4, 0.5) is 0 Å². The van der Waals surface area contributed by atoms with Gasteiger partial charge in [-0.2, -0.15) is 0 Å². The summed E-state index contributed by atoms with van der Waals surface area (Å²) in [6.45, 7) is 0. The van der Waals surface area contributed by atoms with E-state index in [1.807, 2.05) is 18.2 Å².